The zero-order chi connectivity index (χ0) is 21.2. The van der Waals surface area contributed by atoms with Gasteiger partial charge in [0.15, 0.2) is 0 Å². The van der Waals surface area contributed by atoms with Crippen molar-refractivity contribution in [1.29, 1.82) is 0 Å². The summed E-state index contributed by atoms with van der Waals surface area (Å²) in [5.41, 5.74) is 0.975. The van der Waals surface area contributed by atoms with E-state index < -0.39 is 20.9 Å². The number of piperidine rings is 1. The maximum absolute atomic E-state index is 13.0. The van der Waals surface area contributed by atoms with Crippen LogP contribution in [0.1, 0.15) is 40.9 Å². The van der Waals surface area contributed by atoms with Crippen molar-refractivity contribution in [2.24, 2.45) is 0 Å². The van der Waals surface area contributed by atoms with Crippen LogP contribution in [0.4, 0.5) is 11.4 Å². The van der Waals surface area contributed by atoms with Crippen LogP contribution in [0, 0.1) is 24.0 Å². The standard InChI is InChI=1S/C19H22N4O5S/c1-13-6-7-15(10-18(13)29(27,28)22-8-4-3-5-9-22)21-19(24)17-11-16(23(25)26)12-20-14(17)2/h6-7,10-12H,3-5,8-9H2,1-2H3,(H,21,24). The molecule has 1 N–H and O–H groups in total. The number of pyridine rings is 1. The molecule has 0 radical (unpaired) electrons. The number of nitrogens with zero attached hydrogens (tertiary/aromatic N) is 3. The molecule has 1 amide bonds. The number of amides is 1. The maximum Gasteiger partial charge on any atom is 0.288 e. The van der Waals surface area contributed by atoms with Gasteiger partial charge in [-0.2, -0.15) is 4.31 Å². The highest BCUT2D eigenvalue weighted by molar-refractivity contribution is 7.89. The topological polar surface area (TPSA) is 123 Å². The number of sulfonamides is 1. The van der Waals surface area contributed by atoms with E-state index in [-0.39, 0.29) is 16.1 Å². The van der Waals surface area contributed by atoms with Crippen LogP contribution >= 0.6 is 0 Å². The third kappa shape index (κ3) is 4.43. The first-order valence-corrected chi connectivity index (χ1v) is 10.7. The van der Waals surface area contributed by atoms with E-state index in [9.17, 15) is 23.3 Å². The summed E-state index contributed by atoms with van der Waals surface area (Å²) in [4.78, 5) is 27.0. The van der Waals surface area contributed by atoms with Crippen LogP contribution in [-0.4, -0.2) is 41.6 Å². The van der Waals surface area contributed by atoms with Gasteiger partial charge in [0.2, 0.25) is 10.0 Å². The van der Waals surface area contributed by atoms with Crippen molar-refractivity contribution in [2.75, 3.05) is 18.4 Å². The van der Waals surface area contributed by atoms with Crippen LogP contribution in [0.5, 0.6) is 0 Å². The largest absolute Gasteiger partial charge is 0.322 e. The molecule has 0 spiro atoms. The number of benzene rings is 1. The minimum atomic E-state index is -3.66. The molecular weight excluding hydrogens is 396 g/mol. The van der Waals surface area contributed by atoms with Gasteiger partial charge in [0, 0.05) is 24.8 Å². The van der Waals surface area contributed by atoms with E-state index in [1.807, 2.05) is 0 Å². The van der Waals surface area contributed by atoms with Gasteiger partial charge in [0.1, 0.15) is 6.20 Å². The minimum Gasteiger partial charge on any atom is -0.322 e. The lowest BCUT2D eigenvalue weighted by Gasteiger charge is -2.26. The molecule has 1 fully saturated rings. The highest BCUT2D eigenvalue weighted by Crippen LogP contribution is 2.26. The number of aryl methyl sites for hydroxylation is 2. The van der Waals surface area contributed by atoms with E-state index in [2.05, 4.69) is 10.3 Å². The quantitative estimate of drug-likeness (QED) is 0.588. The molecule has 154 valence electrons. The van der Waals surface area contributed by atoms with E-state index in [0.29, 0.717) is 30.0 Å². The van der Waals surface area contributed by atoms with Crippen molar-refractivity contribution in [3.8, 4) is 0 Å². The van der Waals surface area contributed by atoms with Crippen molar-refractivity contribution in [3.63, 3.8) is 0 Å². The molecule has 29 heavy (non-hydrogen) atoms. The first-order chi connectivity index (χ1) is 13.7. The summed E-state index contributed by atoms with van der Waals surface area (Å²) in [6.45, 7) is 4.24. The monoisotopic (exact) mass is 418 g/mol. The molecule has 2 aromatic rings. The van der Waals surface area contributed by atoms with Gasteiger partial charge in [-0.1, -0.05) is 12.5 Å². The highest BCUT2D eigenvalue weighted by atomic mass is 32.2. The molecule has 0 aliphatic carbocycles. The van der Waals surface area contributed by atoms with Crippen LogP contribution in [0.25, 0.3) is 0 Å². The average Bonchev–Trinajstić information content (AvgIpc) is 2.70. The number of rotatable bonds is 5. The second-order valence-electron chi connectivity index (χ2n) is 6.98. The molecule has 9 nitrogen and oxygen atoms in total. The molecule has 1 saturated heterocycles. The Labute approximate surface area is 169 Å². The summed E-state index contributed by atoms with van der Waals surface area (Å²) in [6, 6.07) is 5.81. The SMILES string of the molecule is Cc1ccc(NC(=O)c2cc([N+](=O)[O-])cnc2C)cc1S(=O)(=O)N1CCCCC1. The van der Waals surface area contributed by atoms with Crippen LogP contribution in [0.2, 0.25) is 0 Å². The van der Waals surface area contributed by atoms with Crippen LogP contribution < -0.4 is 5.32 Å². The van der Waals surface area contributed by atoms with Gasteiger partial charge in [-0.3, -0.25) is 19.9 Å². The fraction of sp³-hybridized carbons (Fsp3) is 0.368. The number of carbonyl (C=O) groups excluding carboxylic acids is 1. The number of hydrogen-bond acceptors (Lipinski definition) is 6. The zero-order valence-electron chi connectivity index (χ0n) is 16.2. The molecule has 0 bridgehead atoms. The summed E-state index contributed by atoms with van der Waals surface area (Å²) in [7, 11) is -3.66. The van der Waals surface area contributed by atoms with Gasteiger partial charge in [-0.05, 0) is 44.4 Å². The number of nitro groups is 1. The van der Waals surface area contributed by atoms with Gasteiger partial charge in [-0.15, -0.1) is 0 Å². The Kier molecular flexibility index (Phi) is 5.94. The van der Waals surface area contributed by atoms with Gasteiger partial charge in [0.05, 0.1) is 21.1 Å². The molecule has 10 heteroatoms. The highest BCUT2D eigenvalue weighted by Gasteiger charge is 2.28. The zero-order valence-corrected chi connectivity index (χ0v) is 17.0. The Hall–Kier alpha value is -2.85. The predicted octanol–water partition coefficient (Wildman–Crippen LogP) is 3.03. The molecule has 1 aromatic heterocycles. The lowest BCUT2D eigenvalue weighted by Crippen LogP contribution is -2.36. The van der Waals surface area contributed by atoms with E-state index in [0.717, 1.165) is 31.5 Å². The molecule has 0 atom stereocenters. The Morgan fingerprint density at radius 3 is 2.52 bits per heavy atom. The number of aromatic nitrogens is 1. The van der Waals surface area contributed by atoms with Crippen molar-refractivity contribution < 1.29 is 18.1 Å². The van der Waals surface area contributed by atoms with Gasteiger partial charge < -0.3 is 5.32 Å². The second kappa shape index (κ2) is 8.26. The molecule has 1 aromatic carbocycles. The summed E-state index contributed by atoms with van der Waals surface area (Å²) < 4.78 is 27.5. The van der Waals surface area contributed by atoms with E-state index in [4.69, 9.17) is 0 Å². The normalized spacial score (nSPS) is 15.1. The molecule has 0 saturated carbocycles. The molecular formula is C19H22N4O5S. The Balaban J connectivity index is 1.90. The number of hydrogen-bond donors (Lipinski definition) is 1. The lowest BCUT2D eigenvalue weighted by molar-refractivity contribution is -0.385. The third-order valence-electron chi connectivity index (χ3n) is 4.91. The fourth-order valence-electron chi connectivity index (χ4n) is 3.25. The Morgan fingerprint density at radius 1 is 1.17 bits per heavy atom. The van der Waals surface area contributed by atoms with E-state index >= 15 is 0 Å². The lowest BCUT2D eigenvalue weighted by atomic mass is 10.1. The fourth-order valence-corrected chi connectivity index (χ4v) is 5.02. The molecule has 2 heterocycles. The number of nitrogens with one attached hydrogen (secondary N) is 1. The third-order valence-corrected chi connectivity index (χ3v) is 6.95. The minimum absolute atomic E-state index is 0.0558. The summed E-state index contributed by atoms with van der Waals surface area (Å²) in [6.07, 6.45) is 3.75. The summed E-state index contributed by atoms with van der Waals surface area (Å²) >= 11 is 0. The van der Waals surface area contributed by atoms with Gasteiger partial charge in [0.25, 0.3) is 11.6 Å². The van der Waals surface area contributed by atoms with Crippen LogP contribution in [0.3, 0.4) is 0 Å². The van der Waals surface area contributed by atoms with Gasteiger partial charge in [-0.25, -0.2) is 8.42 Å². The molecule has 3 rings (SSSR count). The van der Waals surface area contributed by atoms with Crippen molar-refractivity contribution in [3.05, 3.63) is 57.4 Å². The van der Waals surface area contributed by atoms with Crippen molar-refractivity contribution >= 4 is 27.3 Å². The summed E-state index contributed by atoms with van der Waals surface area (Å²) in [5.74, 6) is -0.594. The second-order valence-corrected chi connectivity index (χ2v) is 8.89. The average molecular weight is 418 g/mol. The Bertz CT molecular complexity index is 1060. The van der Waals surface area contributed by atoms with Crippen molar-refractivity contribution in [1.82, 2.24) is 9.29 Å². The predicted molar refractivity (Wildman–Crippen MR) is 107 cm³/mol. The number of carbonyl (C=O) groups is 1. The first-order valence-electron chi connectivity index (χ1n) is 9.23. The maximum atomic E-state index is 13.0. The van der Waals surface area contributed by atoms with Gasteiger partial charge >= 0.3 is 0 Å². The molecule has 0 unspecified atom stereocenters. The van der Waals surface area contributed by atoms with E-state index in [1.165, 1.54) is 10.4 Å². The number of anilines is 1. The smallest absolute Gasteiger partial charge is 0.288 e. The van der Waals surface area contributed by atoms with Crippen LogP contribution in [-0.2, 0) is 10.0 Å². The van der Waals surface area contributed by atoms with E-state index in [1.54, 1.807) is 26.0 Å². The van der Waals surface area contributed by atoms with Crippen molar-refractivity contribution in [2.45, 2.75) is 38.0 Å². The Morgan fingerprint density at radius 2 is 1.86 bits per heavy atom. The summed E-state index contributed by atoms with van der Waals surface area (Å²) in [5, 5.41) is 13.6. The molecule has 1 aliphatic rings. The van der Waals surface area contributed by atoms with Crippen LogP contribution in [0.15, 0.2) is 35.4 Å². The first kappa shape index (κ1) is 20.9. The molecule has 1 aliphatic heterocycles.